The van der Waals surface area contributed by atoms with Crippen LogP contribution in [0.5, 0.6) is 0 Å². The Bertz CT molecular complexity index is 557. The van der Waals surface area contributed by atoms with Crippen LogP contribution in [0.25, 0.3) is 0 Å². The molecule has 0 bridgehead atoms. The van der Waals surface area contributed by atoms with Gasteiger partial charge in [-0.05, 0) is 41.6 Å². The standard InChI is InChI=1S/C10H10IN5O2/c1-6(10-12-5-13-15-10)14-8-3-2-7(11)4-9(8)16(17)18/h2-6,14H,1H3,(H,12,13,15). The lowest BCUT2D eigenvalue weighted by Gasteiger charge is -2.12. The summed E-state index contributed by atoms with van der Waals surface area (Å²) in [6, 6.07) is 4.83. The number of nitro groups is 1. The van der Waals surface area contributed by atoms with Crippen molar-refractivity contribution in [2.24, 2.45) is 0 Å². The second-order valence-corrected chi connectivity index (χ2v) is 4.90. The molecular weight excluding hydrogens is 349 g/mol. The summed E-state index contributed by atoms with van der Waals surface area (Å²) in [5.41, 5.74) is 0.512. The molecule has 18 heavy (non-hydrogen) atoms. The van der Waals surface area contributed by atoms with Crippen LogP contribution in [0.4, 0.5) is 11.4 Å². The molecule has 1 unspecified atom stereocenters. The molecule has 2 aromatic rings. The van der Waals surface area contributed by atoms with Crippen molar-refractivity contribution in [2.45, 2.75) is 13.0 Å². The van der Waals surface area contributed by atoms with Gasteiger partial charge in [-0.2, -0.15) is 5.10 Å². The first-order valence-corrected chi connectivity index (χ1v) is 6.21. The predicted octanol–water partition coefficient (Wildman–Crippen LogP) is 2.49. The van der Waals surface area contributed by atoms with Crippen LogP contribution in [0.2, 0.25) is 0 Å². The summed E-state index contributed by atoms with van der Waals surface area (Å²) in [7, 11) is 0. The van der Waals surface area contributed by atoms with Gasteiger partial charge in [0, 0.05) is 9.64 Å². The zero-order chi connectivity index (χ0) is 13.1. The van der Waals surface area contributed by atoms with Crippen molar-refractivity contribution in [3.8, 4) is 0 Å². The summed E-state index contributed by atoms with van der Waals surface area (Å²) >= 11 is 2.04. The van der Waals surface area contributed by atoms with E-state index in [-0.39, 0.29) is 11.7 Å². The number of benzene rings is 1. The summed E-state index contributed by atoms with van der Waals surface area (Å²) in [4.78, 5) is 14.6. The average Bonchev–Trinajstić information content (AvgIpc) is 2.84. The number of anilines is 1. The molecule has 2 N–H and O–H groups in total. The van der Waals surface area contributed by atoms with E-state index in [4.69, 9.17) is 0 Å². The Kier molecular flexibility index (Phi) is 3.75. The molecule has 0 fully saturated rings. The highest BCUT2D eigenvalue weighted by Crippen LogP contribution is 2.28. The Morgan fingerprint density at radius 3 is 2.94 bits per heavy atom. The molecule has 0 aliphatic heterocycles. The molecular formula is C10H10IN5O2. The van der Waals surface area contributed by atoms with E-state index in [0.717, 1.165) is 3.57 Å². The van der Waals surface area contributed by atoms with E-state index in [1.165, 1.54) is 12.4 Å². The number of aromatic nitrogens is 3. The molecule has 1 aromatic carbocycles. The third kappa shape index (κ3) is 2.75. The number of H-pyrrole nitrogens is 1. The Hall–Kier alpha value is -1.71. The van der Waals surface area contributed by atoms with E-state index >= 15 is 0 Å². The van der Waals surface area contributed by atoms with E-state index in [2.05, 4.69) is 20.5 Å². The molecule has 7 nitrogen and oxygen atoms in total. The third-order valence-electron chi connectivity index (χ3n) is 2.37. The maximum atomic E-state index is 11.0. The Labute approximate surface area is 116 Å². The maximum absolute atomic E-state index is 11.0. The van der Waals surface area contributed by atoms with Crippen molar-refractivity contribution in [3.63, 3.8) is 0 Å². The zero-order valence-corrected chi connectivity index (χ0v) is 11.6. The molecule has 1 aromatic heterocycles. The van der Waals surface area contributed by atoms with Crippen LogP contribution in [0.3, 0.4) is 0 Å². The van der Waals surface area contributed by atoms with Gasteiger partial charge in [0.05, 0.1) is 11.0 Å². The molecule has 0 radical (unpaired) electrons. The molecule has 0 aliphatic carbocycles. The van der Waals surface area contributed by atoms with E-state index < -0.39 is 4.92 Å². The summed E-state index contributed by atoms with van der Waals surface area (Å²) in [5, 5.41) is 20.5. The number of aromatic amines is 1. The van der Waals surface area contributed by atoms with Crippen LogP contribution in [0.1, 0.15) is 18.8 Å². The van der Waals surface area contributed by atoms with Crippen molar-refractivity contribution >= 4 is 34.0 Å². The lowest BCUT2D eigenvalue weighted by atomic mass is 10.2. The molecule has 0 amide bonds. The molecule has 0 saturated carbocycles. The number of halogens is 1. The Balaban J connectivity index is 2.26. The highest BCUT2D eigenvalue weighted by atomic mass is 127. The van der Waals surface area contributed by atoms with E-state index in [1.807, 2.05) is 35.6 Å². The average molecular weight is 359 g/mol. The monoisotopic (exact) mass is 359 g/mol. The van der Waals surface area contributed by atoms with Crippen molar-refractivity contribution < 1.29 is 4.92 Å². The number of nitrogens with one attached hydrogen (secondary N) is 2. The van der Waals surface area contributed by atoms with Crippen LogP contribution >= 0.6 is 22.6 Å². The number of nitrogens with zero attached hydrogens (tertiary/aromatic N) is 3. The normalized spacial score (nSPS) is 12.1. The van der Waals surface area contributed by atoms with Gasteiger partial charge in [-0.3, -0.25) is 15.2 Å². The van der Waals surface area contributed by atoms with Gasteiger partial charge >= 0.3 is 0 Å². The van der Waals surface area contributed by atoms with E-state index in [1.54, 1.807) is 6.07 Å². The third-order valence-corrected chi connectivity index (χ3v) is 3.04. The van der Waals surface area contributed by atoms with Crippen molar-refractivity contribution in [3.05, 3.63) is 44.0 Å². The summed E-state index contributed by atoms with van der Waals surface area (Å²) in [6.45, 7) is 1.85. The van der Waals surface area contributed by atoms with Crippen LogP contribution in [0, 0.1) is 13.7 Å². The molecule has 8 heteroatoms. The molecule has 0 aliphatic rings. The van der Waals surface area contributed by atoms with E-state index in [9.17, 15) is 10.1 Å². The smallest absolute Gasteiger partial charge is 0.293 e. The van der Waals surface area contributed by atoms with Crippen molar-refractivity contribution in [1.82, 2.24) is 15.2 Å². The molecule has 1 atom stereocenters. The second kappa shape index (κ2) is 5.29. The number of hydrogen-bond acceptors (Lipinski definition) is 5. The van der Waals surface area contributed by atoms with Gasteiger partial charge < -0.3 is 5.32 Å². The topological polar surface area (TPSA) is 96.7 Å². The minimum Gasteiger partial charge on any atom is -0.370 e. The van der Waals surface area contributed by atoms with Gasteiger partial charge in [0.1, 0.15) is 17.8 Å². The lowest BCUT2D eigenvalue weighted by molar-refractivity contribution is -0.384. The minimum atomic E-state index is -0.405. The van der Waals surface area contributed by atoms with Crippen LogP contribution < -0.4 is 5.32 Å². The van der Waals surface area contributed by atoms with Gasteiger partial charge in [0.25, 0.3) is 5.69 Å². The fourth-order valence-electron chi connectivity index (χ4n) is 1.50. The van der Waals surface area contributed by atoms with Crippen LogP contribution in [-0.2, 0) is 0 Å². The summed E-state index contributed by atoms with van der Waals surface area (Å²) in [6.07, 6.45) is 1.40. The van der Waals surface area contributed by atoms with Crippen molar-refractivity contribution in [2.75, 3.05) is 5.32 Å². The molecule has 1 heterocycles. The first-order valence-electron chi connectivity index (χ1n) is 5.13. The quantitative estimate of drug-likeness (QED) is 0.497. The largest absolute Gasteiger partial charge is 0.370 e. The Morgan fingerprint density at radius 2 is 2.33 bits per heavy atom. The molecule has 0 spiro atoms. The van der Waals surface area contributed by atoms with Crippen LogP contribution in [0.15, 0.2) is 24.5 Å². The molecule has 94 valence electrons. The SMILES string of the molecule is CC(Nc1ccc(I)cc1[N+](=O)[O-])c1ncn[nH]1. The lowest BCUT2D eigenvalue weighted by Crippen LogP contribution is -2.10. The summed E-state index contributed by atoms with van der Waals surface area (Å²) < 4.78 is 0.817. The number of hydrogen-bond donors (Lipinski definition) is 2. The van der Waals surface area contributed by atoms with Gasteiger partial charge in [-0.1, -0.05) is 0 Å². The van der Waals surface area contributed by atoms with Crippen molar-refractivity contribution in [1.29, 1.82) is 0 Å². The number of nitro benzene ring substituents is 1. The van der Waals surface area contributed by atoms with Gasteiger partial charge in [-0.15, -0.1) is 0 Å². The number of rotatable bonds is 4. The highest BCUT2D eigenvalue weighted by molar-refractivity contribution is 14.1. The first kappa shape index (κ1) is 12.7. The maximum Gasteiger partial charge on any atom is 0.293 e. The fourth-order valence-corrected chi connectivity index (χ4v) is 1.98. The highest BCUT2D eigenvalue weighted by Gasteiger charge is 2.17. The fraction of sp³-hybridized carbons (Fsp3) is 0.200. The summed E-state index contributed by atoms with van der Waals surface area (Å²) in [5.74, 6) is 0.628. The van der Waals surface area contributed by atoms with Gasteiger partial charge in [-0.25, -0.2) is 4.98 Å². The van der Waals surface area contributed by atoms with Crippen LogP contribution in [-0.4, -0.2) is 20.1 Å². The van der Waals surface area contributed by atoms with Gasteiger partial charge in [0.15, 0.2) is 0 Å². The second-order valence-electron chi connectivity index (χ2n) is 3.66. The molecule has 2 rings (SSSR count). The Morgan fingerprint density at radius 1 is 1.56 bits per heavy atom. The van der Waals surface area contributed by atoms with E-state index in [0.29, 0.717) is 11.5 Å². The molecule has 0 saturated heterocycles. The zero-order valence-electron chi connectivity index (χ0n) is 9.42. The first-order chi connectivity index (χ1) is 8.58. The van der Waals surface area contributed by atoms with Gasteiger partial charge in [0.2, 0.25) is 0 Å². The predicted molar refractivity (Wildman–Crippen MR) is 74.2 cm³/mol. The minimum absolute atomic E-state index is 0.0493.